The molecule has 1 aromatic heterocycles. The normalized spacial score (nSPS) is 31.2. The van der Waals surface area contributed by atoms with E-state index in [1.165, 1.54) is 23.3 Å². The minimum Gasteiger partial charge on any atom is -0.394 e. The summed E-state index contributed by atoms with van der Waals surface area (Å²) in [6.45, 7) is 1.94. The smallest absolute Gasteiger partial charge is 0.351 e. The number of nitrogens with zero attached hydrogens (tertiary/aromatic N) is 2. The summed E-state index contributed by atoms with van der Waals surface area (Å²) >= 11 is 0. The highest BCUT2D eigenvalue weighted by molar-refractivity contribution is 5.28. The number of nitrogens with one attached hydrogen (secondary N) is 1. The van der Waals surface area contributed by atoms with Crippen LogP contribution in [0.1, 0.15) is 45.3 Å². The number of fused-ring (bicyclic) bond motifs is 1. The Balaban J connectivity index is 1.71. The van der Waals surface area contributed by atoms with E-state index >= 15 is 0 Å². The summed E-state index contributed by atoms with van der Waals surface area (Å²) in [6.07, 6.45) is 4.16. The Labute approximate surface area is 145 Å². The summed E-state index contributed by atoms with van der Waals surface area (Å²) < 4.78 is 18.9. The zero-order chi connectivity index (χ0) is 17.8. The van der Waals surface area contributed by atoms with Crippen LogP contribution in [0.2, 0.25) is 0 Å². The van der Waals surface area contributed by atoms with Crippen LogP contribution >= 0.6 is 0 Å². The number of aromatic nitrogens is 2. The number of aliphatic hydroxyl groups excluding tert-OH is 1. The lowest BCUT2D eigenvalue weighted by Crippen LogP contribution is -2.34. The summed E-state index contributed by atoms with van der Waals surface area (Å²) in [4.78, 5) is 15.9. The molecule has 0 saturated carbocycles. The molecule has 25 heavy (non-hydrogen) atoms. The van der Waals surface area contributed by atoms with E-state index in [2.05, 4.69) is 11.9 Å². The first-order chi connectivity index (χ1) is 12.2. The summed E-state index contributed by atoms with van der Waals surface area (Å²) in [6, 6.07) is 1.45. The molecule has 2 fully saturated rings. The van der Waals surface area contributed by atoms with Gasteiger partial charge in [-0.1, -0.05) is 26.2 Å². The molecule has 140 valence electrons. The van der Waals surface area contributed by atoms with Gasteiger partial charge in [-0.15, -0.1) is 0 Å². The van der Waals surface area contributed by atoms with Crippen molar-refractivity contribution >= 4 is 5.82 Å². The highest BCUT2D eigenvalue weighted by Gasteiger charge is 2.53. The van der Waals surface area contributed by atoms with Crippen molar-refractivity contribution in [3.63, 3.8) is 0 Å². The Kier molecular flexibility index (Phi) is 6.02. The Bertz CT molecular complexity index is 624. The number of anilines is 1. The highest BCUT2D eigenvalue weighted by atomic mass is 16.8. The monoisotopic (exact) mass is 355 g/mol. The lowest BCUT2D eigenvalue weighted by atomic mass is 10.1. The minimum atomic E-state index is -0.726. The molecule has 0 bridgehead atoms. The van der Waals surface area contributed by atoms with Crippen LogP contribution in [0.4, 0.5) is 5.82 Å². The Morgan fingerprint density at radius 2 is 2.04 bits per heavy atom. The van der Waals surface area contributed by atoms with Crippen LogP contribution in [0, 0.1) is 0 Å². The summed E-state index contributed by atoms with van der Waals surface area (Å²) in [5.41, 5.74) is 1.24. The average molecular weight is 355 g/mol. The predicted molar refractivity (Wildman–Crippen MR) is 87.2 cm³/mol. The molecular weight excluding hydrogens is 330 g/mol. The predicted octanol–water partition coefficient (Wildman–Crippen LogP) is 1.01. The molecule has 0 spiro atoms. The van der Waals surface area contributed by atoms with Crippen molar-refractivity contribution in [2.24, 2.45) is 0 Å². The SMILES string of the molecule is CCCCCCC1O[C@@H]2[C@H](O1)[C@@H](CO)O[C@H]2n1ccc(NO)nc1=O. The maximum atomic E-state index is 12.2. The van der Waals surface area contributed by atoms with Crippen molar-refractivity contribution in [3.8, 4) is 0 Å². The molecule has 5 atom stereocenters. The second-order valence-corrected chi connectivity index (χ2v) is 6.34. The zero-order valence-electron chi connectivity index (χ0n) is 14.2. The molecule has 9 nitrogen and oxygen atoms in total. The van der Waals surface area contributed by atoms with Crippen LogP contribution in [-0.2, 0) is 14.2 Å². The number of unbranched alkanes of at least 4 members (excludes halogenated alkanes) is 3. The van der Waals surface area contributed by atoms with E-state index in [0.29, 0.717) is 0 Å². The van der Waals surface area contributed by atoms with E-state index in [1.54, 1.807) is 0 Å². The summed E-state index contributed by atoms with van der Waals surface area (Å²) in [7, 11) is 0. The Morgan fingerprint density at radius 1 is 1.24 bits per heavy atom. The van der Waals surface area contributed by atoms with Crippen molar-refractivity contribution in [3.05, 3.63) is 22.7 Å². The third-order valence-corrected chi connectivity index (χ3v) is 4.60. The standard InChI is InChI=1S/C16H25N3O6/c1-2-3-4-5-6-12-24-13-10(9-20)23-15(14(13)25-12)19-8-7-11(18-22)17-16(19)21/h7-8,10,12-15,20,22H,2-6,9H2,1H3,(H,17,18,21)/t10-,12?,13-,14-,15-/m1/s1. The van der Waals surface area contributed by atoms with Crippen molar-refractivity contribution in [1.29, 1.82) is 0 Å². The van der Waals surface area contributed by atoms with Gasteiger partial charge in [0.1, 0.15) is 18.3 Å². The van der Waals surface area contributed by atoms with Crippen LogP contribution < -0.4 is 11.2 Å². The van der Waals surface area contributed by atoms with Crippen molar-refractivity contribution in [1.82, 2.24) is 9.55 Å². The van der Waals surface area contributed by atoms with Crippen LogP contribution in [0.5, 0.6) is 0 Å². The highest BCUT2D eigenvalue weighted by Crippen LogP contribution is 2.39. The third kappa shape index (κ3) is 3.85. The fraction of sp³-hybridized carbons (Fsp3) is 0.750. The van der Waals surface area contributed by atoms with Crippen LogP contribution in [0.3, 0.4) is 0 Å². The largest absolute Gasteiger partial charge is 0.394 e. The van der Waals surface area contributed by atoms with Crippen LogP contribution in [0.15, 0.2) is 17.1 Å². The molecule has 3 N–H and O–H groups in total. The van der Waals surface area contributed by atoms with Gasteiger partial charge in [-0.3, -0.25) is 15.3 Å². The van der Waals surface area contributed by atoms with E-state index in [0.717, 1.165) is 25.7 Å². The lowest BCUT2D eigenvalue weighted by Gasteiger charge is -2.20. The number of aliphatic hydroxyl groups is 1. The second kappa shape index (κ2) is 8.24. The number of ether oxygens (including phenoxy) is 3. The first kappa shape index (κ1) is 18.3. The summed E-state index contributed by atoms with van der Waals surface area (Å²) in [5.74, 6) is 0.0481. The van der Waals surface area contributed by atoms with Crippen LogP contribution in [-0.4, -0.2) is 51.1 Å². The molecule has 1 unspecified atom stereocenters. The average Bonchev–Trinajstić information content (AvgIpc) is 3.17. The van der Waals surface area contributed by atoms with Gasteiger partial charge in [0.05, 0.1) is 6.61 Å². The maximum Gasteiger partial charge on any atom is 0.351 e. The molecule has 3 rings (SSSR count). The molecule has 0 aliphatic carbocycles. The van der Waals surface area contributed by atoms with Gasteiger partial charge in [-0.25, -0.2) is 4.79 Å². The summed E-state index contributed by atoms with van der Waals surface area (Å²) in [5, 5.41) is 18.4. The molecule has 0 radical (unpaired) electrons. The van der Waals surface area contributed by atoms with Gasteiger partial charge in [0, 0.05) is 6.20 Å². The molecule has 2 aliphatic rings. The van der Waals surface area contributed by atoms with Crippen LogP contribution in [0.25, 0.3) is 0 Å². The molecule has 1 aromatic rings. The van der Waals surface area contributed by atoms with E-state index in [1.807, 2.05) is 5.48 Å². The van der Waals surface area contributed by atoms with Gasteiger partial charge < -0.3 is 19.3 Å². The lowest BCUT2D eigenvalue weighted by molar-refractivity contribution is -0.154. The van der Waals surface area contributed by atoms with E-state index in [-0.39, 0.29) is 18.7 Å². The quantitative estimate of drug-likeness (QED) is 0.468. The first-order valence-corrected chi connectivity index (χ1v) is 8.74. The number of rotatable bonds is 8. The molecule has 9 heteroatoms. The topological polar surface area (TPSA) is 115 Å². The number of hydrogen-bond donors (Lipinski definition) is 3. The Hall–Kier alpha value is -1.52. The van der Waals surface area contributed by atoms with E-state index in [4.69, 9.17) is 19.4 Å². The van der Waals surface area contributed by atoms with Crippen molar-refractivity contribution in [2.75, 3.05) is 12.1 Å². The molecule has 3 heterocycles. The second-order valence-electron chi connectivity index (χ2n) is 6.34. The fourth-order valence-electron chi connectivity index (χ4n) is 3.31. The van der Waals surface area contributed by atoms with E-state index in [9.17, 15) is 9.90 Å². The third-order valence-electron chi connectivity index (χ3n) is 4.60. The number of hydrogen-bond acceptors (Lipinski definition) is 8. The minimum absolute atomic E-state index is 0.0481. The fourth-order valence-corrected chi connectivity index (χ4v) is 3.31. The molecule has 0 amide bonds. The van der Waals surface area contributed by atoms with Gasteiger partial charge >= 0.3 is 5.69 Å². The first-order valence-electron chi connectivity index (χ1n) is 8.74. The maximum absolute atomic E-state index is 12.2. The molecular formula is C16H25N3O6. The van der Waals surface area contributed by atoms with E-state index < -0.39 is 30.2 Å². The van der Waals surface area contributed by atoms with Crippen molar-refractivity contribution < 1.29 is 24.5 Å². The van der Waals surface area contributed by atoms with Crippen molar-refractivity contribution in [2.45, 2.75) is 69.9 Å². The Morgan fingerprint density at radius 3 is 2.72 bits per heavy atom. The molecule has 2 saturated heterocycles. The van der Waals surface area contributed by atoms with Gasteiger partial charge in [0.2, 0.25) is 0 Å². The molecule has 2 aliphatic heterocycles. The zero-order valence-corrected chi connectivity index (χ0v) is 14.2. The van der Waals surface area contributed by atoms with Gasteiger partial charge in [-0.2, -0.15) is 4.98 Å². The van der Waals surface area contributed by atoms with Gasteiger partial charge in [-0.05, 0) is 18.9 Å². The van der Waals surface area contributed by atoms with Gasteiger partial charge in [0.25, 0.3) is 0 Å². The molecule has 0 aromatic carbocycles. The van der Waals surface area contributed by atoms with Gasteiger partial charge in [0.15, 0.2) is 18.3 Å².